The van der Waals surface area contributed by atoms with Crippen molar-refractivity contribution in [3.63, 3.8) is 0 Å². The van der Waals surface area contributed by atoms with E-state index in [1.54, 1.807) is 18.4 Å². The van der Waals surface area contributed by atoms with E-state index in [0.29, 0.717) is 0 Å². The highest BCUT2D eigenvalue weighted by atomic mass is 32.1. The third-order valence-electron chi connectivity index (χ3n) is 3.41. The molecule has 2 heterocycles. The molecule has 0 N–H and O–H groups in total. The topological polar surface area (TPSA) is 29.5 Å². The Morgan fingerprint density at radius 1 is 1.28 bits per heavy atom. The summed E-state index contributed by atoms with van der Waals surface area (Å²) in [4.78, 5) is 14.7. The monoisotopic (exact) mass is 261 g/mol. The Labute approximate surface area is 110 Å². The fourth-order valence-electron chi connectivity index (χ4n) is 2.40. The van der Waals surface area contributed by atoms with Crippen LogP contribution >= 0.6 is 11.3 Å². The molecule has 1 fully saturated rings. The molecule has 18 heavy (non-hydrogen) atoms. The Morgan fingerprint density at radius 3 is 2.78 bits per heavy atom. The molecule has 1 aliphatic rings. The highest BCUT2D eigenvalue weighted by Crippen LogP contribution is 2.26. The van der Waals surface area contributed by atoms with Gasteiger partial charge in [0, 0.05) is 28.6 Å². The van der Waals surface area contributed by atoms with Gasteiger partial charge in [0.25, 0.3) is 0 Å². The van der Waals surface area contributed by atoms with Crippen molar-refractivity contribution < 1.29 is 4.74 Å². The zero-order valence-electron chi connectivity index (χ0n) is 10.3. The Balaban J connectivity index is 2.17. The molecule has 0 bridgehead atoms. The molecule has 0 unspecified atom stereocenters. The van der Waals surface area contributed by atoms with E-state index in [0.717, 1.165) is 34.6 Å². The standard InChI is InChI=1S/C14H15NO2S/c1-17-10-4-5-13-11(8-10)14(16)12(9-18-13)15-6-2-3-7-15/h4-5,8-9H,2-3,6-7H2,1H3. The van der Waals surface area contributed by atoms with Crippen molar-refractivity contribution in [1.29, 1.82) is 0 Å². The van der Waals surface area contributed by atoms with Gasteiger partial charge in [0.05, 0.1) is 12.8 Å². The molecular formula is C14H15NO2S. The third kappa shape index (κ3) is 1.86. The van der Waals surface area contributed by atoms with Gasteiger partial charge in [-0.3, -0.25) is 4.79 Å². The van der Waals surface area contributed by atoms with Crippen molar-refractivity contribution in [2.75, 3.05) is 25.1 Å². The Kier molecular flexibility index (Phi) is 2.96. The molecule has 0 aliphatic carbocycles. The van der Waals surface area contributed by atoms with Gasteiger partial charge in [-0.2, -0.15) is 0 Å². The van der Waals surface area contributed by atoms with Crippen LogP contribution in [-0.2, 0) is 0 Å². The molecule has 3 rings (SSSR count). The van der Waals surface area contributed by atoms with Crippen LogP contribution in [0.1, 0.15) is 12.8 Å². The molecule has 0 atom stereocenters. The Bertz CT molecular complexity index is 629. The van der Waals surface area contributed by atoms with Gasteiger partial charge in [-0.25, -0.2) is 0 Å². The van der Waals surface area contributed by atoms with E-state index in [4.69, 9.17) is 4.74 Å². The quantitative estimate of drug-likeness (QED) is 0.832. The van der Waals surface area contributed by atoms with Crippen LogP contribution in [0.15, 0.2) is 28.4 Å². The van der Waals surface area contributed by atoms with Gasteiger partial charge in [-0.05, 0) is 31.0 Å². The van der Waals surface area contributed by atoms with Crippen molar-refractivity contribution in [2.45, 2.75) is 12.8 Å². The zero-order chi connectivity index (χ0) is 12.5. The van der Waals surface area contributed by atoms with E-state index >= 15 is 0 Å². The molecule has 0 saturated carbocycles. The number of methoxy groups -OCH3 is 1. The fourth-order valence-corrected chi connectivity index (χ4v) is 3.32. The number of rotatable bonds is 2. The van der Waals surface area contributed by atoms with Gasteiger partial charge < -0.3 is 9.64 Å². The van der Waals surface area contributed by atoms with E-state index in [2.05, 4.69) is 4.90 Å². The fraction of sp³-hybridized carbons (Fsp3) is 0.357. The molecule has 1 aromatic heterocycles. The highest BCUT2D eigenvalue weighted by molar-refractivity contribution is 7.16. The first kappa shape index (κ1) is 11.5. The molecule has 94 valence electrons. The normalized spacial score (nSPS) is 15.3. The second kappa shape index (κ2) is 4.61. The minimum absolute atomic E-state index is 0.129. The van der Waals surface area contributed by atoms with Crippen molar-refractivity contribution in [1.82, 2.24) is 0 Å². The minimum atomic E-state index is 0.129. The van der Waals surface area contributed by atoms with Crippen molar-refractivity contribution in [3.8, 4) is 5.75 Å². The van der Waals surface area contributed by atoms with Gasteiger partial charge >= 0.3 is 0 Å². The highest BCUT2D eigenvalue weighted by Gasteiger charge is 2.16. The molecule has 4 heteroatoms. The first-order chi connectivity index (χ1) is 8.79. The maximum Gasteiger partial charge on any atom is 0.211 e. The maximum absolute atomic E-state index is 12.5. The summed E-state index contributed by atoms with van der Waals surface area (Å²) in [6.07, 6.45) is 2.36. The lowest BCUT2D eigenvalue weighted by atomic mass is 10.2. The molecule has 1 saturated heterocycles. The lowest BCUT2D eigenvalue weighted by molar-refractivity contribution is 0.415. The van der Waals surface area contributed by atoms with Gasteiger partial charge in [0.15, 0.2) is 0 Å². The molecule has 0 spiro atoms. The summed E-state index contributed by atoms with van der Waals surface area (Å²) in [6.45, 7) is 1.99. The van der Waals surface area contributed by atoms with Crippen molar-refractivity contribution in [2.24, 2.45) is 0 Å². The van der Waals surface area contributed by atoms with Crippen LogP contribution in [0, 0.1) is 0 Å². The number of anilines is 1. The molecule has 2 aromatic rings. The first-order valence-corrected chi connectivity index (χ1v) is 7.02. The van der Waals surface area contributed by atoms with Gasteiger partial charge in [-0.1, -0.05) is 0 Å². The number of hydrogen-bond donors (Lipinski definition) is 0. The summed E-state index contributed by atoms with van der Waals surface area (Å²) >= 11 is 1.63. The first-order valence-electron chi connectivity index (χ1n) is 6.14. The second-order valence-corrected chi connectivity index (χ2v) is 5.42. The largest absolute Gasteiger partial charge is 0.497 e. The summed E-state index contributed by atoms with van der Waals surface area (Å²) in [7, 11) is 1.62. The second-order valence-electron chi connectivity index (χ2n) is 4.51. The molecule has 0 amide bonds. The predicted octanol–water partition coefficient (Wildman–Crippen LogP) is 2.87. The van der Waals surface area contributed by atoms with Gasteiger partial charge in [0.1, 0.15) is 5.75 Å². The van der Waals surface area contributed by atoms with Crippen molar-refractivity contribution >= 4 is 27.1 Å². The molecule has 1 aliphatic heterocycles. The zero-order valence-corrected chi connectivity index (χ0v) is 11.1. The average Bonchev–Trinajstić information content (AvgIpc) is 2.93. The van der Waals surface area contributed by atoms with Crippen LogP contribution in [0.4, 0.5) is 5.69 Å². The molecule has 0 radical (unpaired) electrons. The van der Waals surface area contributed by atoms with Crippen LogP contribution in [0.25, 0.3) is 10.1 Å². The Morgan fingerprint density at radius 2 is 2.06 bits per heavy atom. The third-order valence-corrected chi connectivity index (χ3v) is 4.36. The number of ether oxygens (including phenoxy) is 1. The van der Waals surface area contributed by atoms with Gasteiger partial charge in [0.2, 0.25) is 5.43 Å². The number of fused-ring (bicyclic) bond motifs is 1. The van der Waals surface area contributed by atoms with E-state index in [1.807, 2.05) is 23.6 Å². The van der Waals surface area contributed by atoms with Crippen LogP contribution in [0.5, 0.6) is 5.75 Å². The van der Waals surface area contributed by atoms with E-state index in [1.165, 1.54) is 12.8 Å². The van der Waals surface area contributed by atoms with Crippen LogP contribution < -0.4 is 15.1 Å². The predicted molar refractivity (Wildman–Crippen MR) is 76.1 cm³/mol. The van der Waals surface area contributed by atoms with E-state index < -0.39 is 0 Å². The van der Waals surface area contributed by atoms with Crippen LogP contribution in [0.3, 0.4) is 0 Å². The summed E-state index contributed by atoms with van der Waals surface area (Å²) in [5.74, 6) is 0.741. The molecular weight excluding hydrogens is 246 g/mol. The van der Waals surface area contributed by atoms with Crippen LogP contribution in [-0.4, -0.2) is 20.2 Å². The summed E-state index contributed by atoms with van der Waals surface area (Å²) in [6, 6.07) is 5.69. The lowest BCUT2D eigenvalue weighted by Gasteiger charge is -2.16. The summed E-state index contributed by atoms with van der Waals surface area (Å²) in [5, 5.41) is 2.76. The van der Waals surface area contributed by atoms with Crippen molar-refractivity contribution in [3.05, 3.63) is 33.8 Å². The minimum Gasteiger partial charge on any atom is -0.497 e. The maximum atomic E-state index is 12.5. The summed E-state index contributed by atoms with van der Waals surface area (Å²) < 4.78 is 6.21. The molecule has 3 nitrogen and oxygen atoms in total. The number of hydrogen-bond acceptors (Lipinski definition) is 4. The Hall–Kier alpha value is -1.55. The molecule has 1 aromatic carbocycles. The SMILES string of the molecule is COc1ccc2scc(N3CCCC3)c(=O)c2c1. The number of nitrogens with zero attached hydrogens (tertiary/aromatic N) is 1. The number of benzene rings is 1. The lowest BCUT2D eigenvalue weighted by Crippen LogP contribution is -2.23. The van der Waals surface area contributed by atoms with Crippen LogP contribution in [0.2, 0.25) is 0 Å². The smallest absolute Gasteiger partial charge is 0.211 e. The van der Waals surface area contributed by atoms with Gasteiger partial charge in [-0.15, -0.1) is 11.3 Å². The van der Waals surface area contributed by atoms with E-state index in [-0.39, 0.29) is 5.43 Å². The average molecular weight is 261 g/mol. The summed E-state index contributed by atoms with van der Waals surface area (Å²) in [5.41, 5.74) is 0.975. The van der Waals surface area contributed by atoms with E-state index in [9.17, 15) is 4.79 Å².